The highest BCUT2D eigenvalue weighted by Gasteiger charge is 2.28. The Morgan fingerprint density at radius 3 is 3.00 bits per heavy atom. The van der Waals surface area contributed by atoms with Crippen molar-refractivity contribution in [3.8, 4) is 5.88 Å². The molecule has 2 heterocycles. The Morgan fingerprint density at radius 2 is 2.24 bits per heavy atom. The van der Waals surface area contributed by atoms with E-state index in [1.807, 2.05) is 0 Å². The molecule has 0 spiro atoms. The van der Waals surface area contributed by atoms with Crippen LogP contribution >= 0.6 is 11.6 Å². The molecule has 3 rings (SSSR count). The van der Waals surface area contributed by atoms with Crippen LogP contribution in [0.1, 0.15) is 16.8 Å². The fraction of sp³-hybridized carbons (Fsp3) is 0.267. The highest BCUT2D eigenvalue weighted by molar-refractivity contribution is 6.30. The van der Waals surface area contributed by atoms with Gasteiger partial charge in [0, 0.05) is 35.8 Å². The minimum absolute atomic E-state index is 0.0252. The van der Waals surface area contributed by atoms with Crippen LogP contribution in [0.3, 0.4) is 0 Å². The van der Waals surface area contributed by atoms with Gasteiger partial charge in [-0.15, -0.1) is 5.10 Å². The molecule has 21 heavy (non-hydrogen) atoms. The maximum Gasteiger partial charge on any atom is 0.254 e. The molecule has 6 heteroatoms. The summed E-state index contributed by atoms with van der Waals surface area (Å²) < 4.78 is 5.72. The first kappa shape index (κ1) is 13.8. The van der Waals surface area contributed by atoms with E-state index in [-0.39, 0.29) is 12.0 Å². The predicted octanol–water partition coefficient (Wildman–Crippen LogP) is 2.42. The minimum Gasteiger partial charge on any atom is -0.471 e. The average molecular weight is 304 g/mol. The van der Waals surface area contributed by atoms with Crippen LogP contribution in [0, 0.1) is 0 Å². The third-order valence-electron chi connectivity index (χ3n) is 3.34. The summed E-state index contributed by atoms with van der Waals surface area (Å²) in [6, 6.07) is 10.5. The standard InChI is InChI=1S/C15H14ClN3O2/c16-12-4-1-3-11(9-12)15(20)19-8-6-13(10-19)21-14-5-2-7-17-18-14/h1-5,7,9,13H,6,8,10H2. The zero-order valence-corrected chi connectivity index (χ0v) is 12.0. The summed E-state index contributed by atoms with van der Waals surface area (Å²) >= 11 is 5.92. The number of benzene rings is 1. The van der Waals surface area contributed by atoms with E-state index in [1.165, 1.54) is 0 Å². The third-order valence-corrected chi connectivity index (χ3v) is 3.57. The summed E-state index contributed by atoms with van der Waals surface area (Å²) in [5, 5.41) is 8.22. The topological polar surface area (TPSA) is 55.3 Å². The van der Waals surface area contributed by atoms with E-state index in [0.717, 1.165) is 6.42 Å². The van der Waals surface area contributed by atoms with Crippen molar-refractivity contribution in [2.45, 2.75) is 12.5 Å². The zero-order chi connectivity index (χ0) is 14.7. The van der Waals surface area contributed by atoms with Crippen molar-refractivity contribution in [2.24, 2.45) is 0 Å². The summed E-state index contributed by atoms with van der Waals surface area (Å²) in [6.07, 6.45) is 2.32. The molecule has 1 unspecified atom stereocenters. The lowest BCUT2D eigenvalue weighted by molar-refractivity contribution is 0.0771. The van der Waals surface area contributed by atoms with E-state index in [4.69, 9.17) is 16.3 Å². The second-order valence-corrected chi connectivity index (χ2v) is 5.29. The van der Waals surface area contributed by atoms with E-state index in [9.17, 15) is 4.79 Å². The minimum atomic E-state index is -0.0511. The van der Waals surface area contributed by atoms with Gasteiger partial charge in [0.1, 0.15) is 6.10 Å². The molecule has 1 amide bonds. The Balaban J connectivity index is 1.63. The van der Waals surface area contributed by atoms with Crippen molar-refractivity contribution in [3.05, 3.63) is 53.2 Å². The Morgan fingerprint density at radius 1 is 1.33 bits per heavy atom. The number of aromatic nitrogens is 2. The summed E-state index contributed by atoms with van der Waals surface area (Å²) in [5.41, 5.74) is 0.600. The number of ether oxygens (including phenoxy) is 1. The van der Waals surface area contributed by atoms with Gasteiger partial charge >= 0.3 is 0 Å². The fourth-order valence-electron chi connectivity index (χ4n) is 2.33. The summed E-state index contributed by atoms with van der Waals surface area (Å²) in [4.78, 5) is 14.2. The second-order valence-electron chi connectivity index (χ2n) is 4.85. The van der Waals surface area contributed by atoms with Gasteiger partial charge in [-0.1, -0.05) is 17.7 Å². The molecule has 5 nitrogen and oxygen atoms in total. The Hall–Kier alpha value is -2.14. The molecule has 1 aliphatic rings. The van der Waals surface area contributed by atoms with Crippen molar-refractivity contribution in [1.29, 1.82) is 0 Å². The van der Waals surface area contributed by atoms with Crippen LogP contribution in [0.15, 0.2) is 42.6 Å². The van der Waals surface area contributed by atoms with E-state index in [0.29, 0.717) is 29.6 Å². The second kappa shape index (κ2) is 6.10. The summed E-state index contributed by atoms with van der Waals surface area (Å²) in [7, 11) is 0. The quantitative estimate of drug-likeness (QED) is 0.874. The molecule has 1 atom stereocenters. The van der Waals surface area contributed by atoms with Gasteiger partial charge in [0.2, 0.25) is 5.88 Å². The number of nitrogens with zero attached hydrogens (tertiary/aromatic N) is 3. The first-order chi connectivity index (χ1) is 10.2. The lowest BCUT2D eigenvalue weighted by atomic mass is 10.2. The summed E-state index contributed by atoms with van der Waals surface area (Å²) in [6.45, 7) is 1.21. The summed E-state index contributed by atoms with van der Waals surface area (Å²) in [5.74, 6) is 0.460. The molecular weight excluding hydrogens is 290 g/mol. The van der Waals surface area contributed by atoms with Gasteiger partial charge < -0.3 is 9.64 Å². The highest BCUT2D eigenvalue weighted by atomic mass is 35.5. The van der Waals surface area contributed by atoms with Crippen molar-refractivity contribution in [2.75, 3.05) is 13.1 Å². The molecule has 0 saturated carbocycles. The van der Waals surface area contributed by atoms with Crippen molar-refractivity contribution in [3.63, 3.8) is 0 Å². The molecule has 0 bridgehead atoms. The molecule has 1 aromatic carbocycles. The smallest absolute Gasteiger partial charge is 0.254 e. The number of hydrogen-bond acceptors (Lipinski definition) is 4. The van der Waals surface area contributed by atoms with Crippen LogP contribution in [-0.2, 0) is 0 Å². The molecular formula is C15H14ClN3O2. The number of amides is 1. The number of rotatable bonds is 3. The maximum atomic E-state index is 12.4. The molecule has 0 N–H and O–H groups in total. The molecule has 1 aliphatic heterocycles. The van der Waals surface area contributed by atoms with E-state index >= 15 is 0 Å². The Kier molecular flexibility index (Phi) is 4.01. The SMILES string of the molecule is O=C(c1cccc(Cl)c1)N1CCC(Oc2cccnn2)C1. The Labute approximate surface area is 127 Å². The lowest BCUT2D eigenvalue weighted by Crippen LogP contribution is -2.31. The highest BCUT2D eigenvalue weighted by Crippen LogP contribution is 2.19. The van der Waals surface area contributed by atoms with E-state index < -0.39 is 0 Å². The number of hydrogen-bond donors (Lipinski definition) is 0. The van der Waals surface area contributed by atoms with Gasteiger partial charge in [-0.3, -0.25) is 4.79 Å². The fourth-order valence-corrected chi connectivity index (χ4v) is 2.52. The number of halogens is 1. The largest absolute Gasteiger partial charge is 0.471 e. The van der Waals surface area contributed by atoms with Gasteiger partial charge in [-0.25, -0.2) is 0 Å². The van der Waals surface area contributed by atoms with Gasteiger partial charge in [0.15, 0.2) is 0 Å². The van der Waals surface area contributed by atoms with Crippen LogP contribution in [0.2, 0.25) is 5.02 Å². The first-order valence-electron chi connectivity index (χ1n) is 6.71. The van der Waals surface area contributed by atoms with Gasteiger partial charge in [0.25, 0.3) is 5.91 Å². The van der Waals surface area contributed by atoms with E-state index in [1.54, 1.807) is 47.5 Å². The van der Waals surface area contributed by atoms with Gasteiger partial charge in [-0.2, -0.15) is 5.10 Å². The monoisotopic (exact) mass is 303 g/mol. The number of carbonyl (C=O) groups is 1. The molecule has 1 fully saturated rings. The first-order valence-corrected chi connectivity index (χ1v) is 7.09. The van der Waals surface area contributed by atoms with Crippen LogP contribution < -0.4 is 4.74 Å². The zero-order valence-electron chi connectivity index (χ0n) is 11.3. The lowest BCUT2D eigenvalue weighted by Gasteiger charge is -2.17. The molecule has 0 radical (unpaired) electrons. The van der Waals surface area contributed by atoms with E-state index in [2.05, 4.69) is 10.2 Å². The normalized spacial score (nSPS) is 17.8. The third kappa shape index (κ3) is 3.31. The van der Waals surface area contributed by atoms with Crippen LogP contribution in [0.5, 0.6) is 5.88 Å². The average Bonchev–Trinajstić information content (AvgIpc) is 2.96. The maximum absolute atomic E-state index is 12.4. The van der Waals surface area contributed by atoms with Crippen molar-refractivity contribution < 1.29 is 9.53 Å². The molecule has 108 valence electrons. The van der Waals surface area contributed by atoms with Crippen LogP contribution in [0.25, 0.3) is 0 Å². The molecule has 0 aliphatic carbocycles. The molecule has 2 aromatic rings. The van der Waals surface area contributed by atoms with Crippen molar-refractivity contribution >= 4 is 17.5 Å². The molecule has 1 saturated heterocycles. The number of carbonyl (C=O) groups excluding carboxylic acids is 1. The Bertz CT molecular complexity index is 636. The van der Waals surface area contributed by atoms with Gasteiger partial charge in [0.05, 0.1) is 6.54 Å². The number of likely N-dealkylation sites (tertiary alicyclic amines) is 1. The van der Waals surface area contributed by atoms with Gasteiger partial charge in [-0.05, 0) is 24.3 Å². The van der Waals surface area contributed by atoms with Crippen LogP contribution in [0.4, 0.5) is 0 Å². The predicted molar refractivity (Wildman–Crippen MR) is 78.4 cm³/mol. The van der Waals surface area contributed by atoms with Crippen molar-refractivity contribution in [1.82, 2.24) is 15.1 Å². The molecule has 1 aromatic heterocycles. The van der Waals surface area contributed by atoms with Crippen LogP contribution in [-0.4, -0.2) is 40.2 Å².